The first kappa shape index (κ1) is 14.3. The molecule has 1 saturated heterocycles. The van der Waals surface area contributed by atoms with Crippen molar-refractivity contribution in [3.63, 3.8) is 0 Å². The molecule has 114 valence electrons. The Balaban J connectivity index is 1.54. The number of likely N-dealkylation sites (tertiary alicyclic amines) is 1. The third-order valence-corrected chi connectivity index (χ3v) is 4.33. The van der Waals surface area contributed by atoms with E-state index < -0.39 is 24.0 Å². The molecule has 1 N–H and O–H groups in total. The zero-order valence-corrected chi connectivity index (χ0v) is 11.4. The van der Waals surface area contributed by atoms with Crippen molar-refractivity contribution < 1.29 is 23.4 Å². The summed E-state index contributed by atoms with van der Waals surface area (Å²) in [7, 11) is 0. The molecule has 0 radical (unpaired) electrons. The van der Waals surface area contributed by atoms with Gasteiger partial charge < -0.3 is 14.7 Å². The molecule has 3 unspecified atom stereocenters. The summed E-state index contributed by atoms with van der Waals surface area (Å²) in [6.45, 7) is 0.518. The van der Waals surface area contributed by atoms with Gasteiger partial charge in [0.1, 0.15) is 12.7 Å². The number of halogens is 2. The molecule has 4 nitrogen and oxygen atoms in total. The zero-order valence-electron chi connectivity index (χ0n) is 11.4. The molecule has 1 aliphatic heterocycles. The molecule has 0 aromatic heterocycles. The van der Waals surface area contributed by atoms with Crippen molar-refractivity contribution in [2.45, 2.75) is 25.1 Å². The first-order valence-electron chi connectivity index (χ1n) is 6.99. The van der Waals surface area contributed by atoms with Crippen LogP contribution < -0.4 is 0 Å². The highest BCUT2D eigenvalue weighted by molar-refractivity contribution is 5.68. The minimum atomic E-state index is -3.03. The number of rotatable bonds is 2. The van der Waals surface area contributed by atoms with Crippen LogP contribution in [0.1, 0.15) is 12.0 Å². The van der Waals surface area contributed by atoms with Crippen molar-refractivity contribution in [1.82, 2.24) is 4.90 Å². The van der Waals surface area contributed by atoms with Gasteiger partial charge in [0.25, 0.3) is 5.92 Å². The maximum absolute atomic E-state index is 13.4. The topological polar surface area (TPSA) is 49.8 Å². The number of amides is 1. The van der Waals surface area contributed by atoms with Gasteiger partial charge in [-0.2, -0.15) is 0 Å². The summed E-state index contributed by atoms with van der Waals surface area (Å²) in [5, 5.41) is 9.61. The van der Waals surface area contributed by atoms with Gasteiger partial charge in [-0.3, -0.25) is 0 Å². The van der Waals surface area contributed by atoms with E-state index in [1.165, 1.54) is 4.90 Å². The van der Waals surface area contributed by atoms with E-state index in [4.69, 9.17) is 4.74 Å². The van der Waals surface area contributed by atoms with E-state index in [0.29, 0.717) is 0 Å². The number of hydrogen-bond donors (Lipinski definition) is 1. The number of alkyl halides is 2. The largest absolute Gasteiger partial charge is 0.445 e. The standard InChI is InChI=1S/C15H17F2NO3/c16-15(17)6-11-7-18(8-12(11)13(15)19)14(20)21-9-10-4-2-1-3-5-10/h1-5,11-13,19H,6-9H2. The second kappa shape index (κ2) is 5.26. The van der Waals surface area contributed by atoms with Crippen molar-refractivity contribution in [1.29, 1.82) is 0 Å². The fourth-order valence-electron chi connectivity index (χ4n) is 3.21. The average Bonchev–Trinajstić information content (AvgIpc) is 2.96. The quantitative estimate of drug-likeness (QED) is 0.911. The number of benzene rings is 1. The van der Waals surface area contributed by atoms with Crippen LogP contribution in [0.15, 0.2) is 30.3 Å². The van der Waals surface area contributed by atoms with Crippen molar-refractivity contribution in [2.24, 2.45) is 11.8 Å². The minimum Gasteiger partial charge on any atom is -0.445 e. The summed E-state index contributed by atoms with van der Waals surface area (Å²) in [6.07, 6.45) is -2.53. The summed E-state index contributed by atoms with van der Waals surface area (Å²) >= 11 is 0. The third-order valence-electron chi connectivity index (χ3n) is 4.33. The van der Waals surface area contributed by atoms with Crippen LogP contribution in [0.2, 0.25) is 0 Å². The summed E-state index contributed by atoms with van der Waals surface area (Å²) in [6, 6.07) is 9.25. The fraction of sp³-hybridized carbons (Fsp3) is 0.533. The Morgan fingerprint density at radius 1 is 1.33 bits per heavy atom. The predicted octanol–water partition coefficient (Wildman–Crippen LogP) is 2.27. The van der Waals surface area contributed by atoms with Gasteiger partial charge in [0.05, 0.1) is 0 Å². The highest BCUT2D eigenvalue weighted by Crippen LogP contribution is 2.47. The van der Waals surface area contributed by atoms with E-state index in [1.807, 2.05) is 30.3 Å². The number of fused-ring (bicyclic) bond motifs is 1. The van der Waals surface area contributed by atoms with Crippen LogP contribution in [0.3, 0.4) is 0 Å². The van der Waals surface area contributed by atoms with E-state index in [2.05, 4.69) is 0 Å². The van der Waals surface area contributed by atoms with E-state index in [0.717, 1.165) is 5.56 Å². The zero-order chi connectivity index (χ0) is 15.0. The van der Waals surface area contributed by atoms with Crippen molar-refractivity contribution >= 4 is 6.09 Å². The number of aliphatic hydroxyl groups excluding tert-OH is 1. The molecule has 21 heavy (non-hydrogen) atoms. The summed E-state index contributed by atoms with van der Waals surface area (Å²) in [4.78, 5) is 13.4. The Morgan fingerprint density at radius 2 is 2.05 bits per heavy atom. The van der Waals surface area contributed by atoms with Gasteiger partial charge in [0.2, 0.25) is 0 Å². The molecule has 1 aromatic carbocycles. The first-order chi connectivity index (χ1) is 9.97. The molecule has 2 aliphatic rings. The van der Waals surface area contributed by atoms with Crippen molar-refractivity contribution in [3.05, 3.63) is 35.9 Å². The predicted molar refractivity (Wildman–Crippen MR) is 70.8 cm³/mol. The van der Waals surface area contributed by atoms with E-state index in [1.54, 1.807) is 0 Å². The Bertz CT molecular complexity index is 523. The third kappa shape index (κ3) is 2.72. The van der Waals surface area contributed by atoms with E-state index in [-0.39, 0.29) is 32.0 Å². The van der Waals surface area contributed by atoms with Gasteiger partial charge in [-0.25, -0.2) is 13.6 Å². The van der Waals surface area contributed by atoms with Gasteiger partial charge in [-0.15, -0.1) is 0 Å². The second-order valence-corrected chi connectivity index (χ2v) is 5.78. The van der Waals surface area contributed by atoms with Crippen LogP contribution in [-0.4, -0.2) is 41.2 Å². The lowest BCUT2D eigenvalue weighted by Gasteiger charge is -2.21. The molecule has 1 aromatic rings. The molecule has 0 bridgehead atoms. The van der Waals surface area contributed by atoms with Crippen LogP contribution in [0.25, 0.3) is 0 Å². The van der Waals surface area contributed by atoms with Gasteiger partial charge in [0, 0.05) is 25.4 Å². The van der Waals surface area contributed by atoms with Crippen LogP contribution in [0, 0.1) is 11.8 Å². The molecule has 2 fully saturated rings. The maximum atomic E-state index is 13.4. The lowest BCUT2D eigenvalue weighted by atomic mass is 9.99. The summed E-state index contributed by atoms with van der Waals surface area (Å²) < 4.78 is 31.9. The van der Waals surface area contributed by atoms with Crippen LogP contribution in [0.5, 0.6) is 0 Å². The number of carbonyl (C=O) groups excluding carboxylic acids is 1. The number of nitrogens with zero attached hydrogens (tertiary/aromatic N) is 1. The highest BCUT2D eigenvalue weighted by Gasteiger charge is 2.58. The summed E-state index contributed by atoms with van der Waals surface area (Å²) in [5.41, 5.74) is 0.872. The van der Waals surface area contributed by atoms with Gasteiger partial charge in [0.15, 0.2) is 0 Å². The molecule has 1 aliphatic carbocycles. The molecular weight excluding hydrogens is 280 g/mol. The average molecular weight is 297 g/mol. The van der Waals surface area contributed by atoms with Crippen LogP contribution in [0.4, 0.5) is 13.6 Å². The Hall–Kier alpha value is -1.69. The SMILES string of the molecule is O=C(OCc1ccccc1)N1CC2CC(F)(F)C(O)C2C1. The molecule has 1 heterocycles. The molecule has 3 rings (SSSR count). The van der Waals surface area contributed by atoms with Crippen molar-refractivity contribution in [2.75, 3.05) is 13.1 Å². The second-order valence-electron chi connectivity index (χ2n) is 5.78. The molecular formula is C15H17F2NO3. The minimum absolute atomic E-state index is 0.134. The lowest BCUT2D eigenvalue weighted by Crippen LogP contribution is -2.37. The summed E-state index contributed by atoms with van der Waals surface area (Å²) in [5.74, 6) is -3.93. The molecule has 1 amide bonds. The monoisotopic (exact) mass is 297 g/mol. The molecule has 1 saturated carbocycles. The van der Waals surface area contributed by atoms with E-state index in [9.17, 15) is 18.7 Å². The Kier molecular flexibility index (Phi) is 3.57. The van der Waals surface area contributed by atoms with Crippen molar-refractivity contribution in [3.8, 4) is 0 Å². The Labute approximate surface area is 121 Å². The Morgan fingerprint density at radius 3 is 2.71 bits per heavy atom. The smallest absolute Gasteiger partial charge is 0.410 e. The number of aliphatic hydroxyl groups is 1. The van der Waals surface area contributed by atoms with Gasteiger partial charge >= 0.3 is 6.09 Å². The fourth-order valence-corrected chi connectivity index (χ4v) is 3.21. The molecule has 0 spiro atoms. The maximum Gasteiger partial charge on any atom is 0.410 e. The molecule has 3 atom stereocenters. The number of ether oxygens (including phenoxy) is 1. The normalized spacial score (nSPS) is 30.2. The highest BCUT2D eigenvalue weighted by atomic mass is 19.3. The number of hydrogen-bond acceptors (Lipinski definition) is 3. The molecule has 6 heteroatoms. The number of carbonyl (C=O) groups is 1. The first-order valence-corrected chi connectivity index (χ1v) is 6.99. The van der Waals surface area contributed by atoms with Crippen LogP contribution >= 0.6 is 0 Å². The van der Waals surface area contributed by atoms with Gasteiger partial charge in [-0.05, 0) is 11.5 Å². The van der Waals surface area contributed by atoms with Crippen LogP contribution in [-0.2, 0) is 11.3 Å². The lowest BCUT2D eigenvalue weighted by molar-refractivity contribution is -0.100. The van der Waals surface area contributed by atoms with E-state index >= 15 is 0 Å². The van der Waals surface area contributed by atoms with Gasteiger partial charge in [-0.1, -0.05) is 30.3 Å².